The highest BCUT2D eigenvalue weighted by atomic mass is 16.6. The van der Waals surface area contributed by atoms with Crippen molar-refractivity contribution in [2.45, 2.75) is 65.4 Å². The minimum Gasteiger partial charge on any atom is -0.489 e. The number of para-hydroxylation sites is 1. The summed E-state index contributed by atoms with van der Waals surface area (Å²) in [5, 5.41) is 9.48. The second kappa shape index (κ2) is 15.9. The summed E-state index contributed by atoms with van der Waals surface area (Å²) < 4.78 is 11.9. The first kappa shape index (κ1) is 28.4. The number of esters is 1. The van der Waals surface area contributed by atoms with Gasteiger partial charge in [0.25, 0.3) is 0 Å². The minimum atomic E-state index is -0.945. The average Bonchev–Trinajstić information content (AvgIpc) is 2.87. The first-order chi connectivity index (χ1) is 17.0. The number of carboxylic acids is 1. The summed E-state index contributed by atoms with van der Waals surface area (Å²) >= 11 is 0. The number of aliphatic carboxylic acids is 1. The topological polar surface area (TPSA) is 76.1 Å². The van der Waals surface area contributed by atoms with E-state index in [1.54, 1.807) is 0 Å². The van der Waals surface area contributed by atoms with Crippen molar-refractivity contribution in [2.75, 3.05) is 26.2 Å². The zero-order valence-corrected chi connectivity index (χ0v) is 21.4. The molecule has 0 aliphatic carbocycles. The van der Waals surface area contributed by atoms with Crippen LogP contribution in [0.25, 0.3) is 0 Å². The van der Waals surface area contributed by atoms with E-state index in [1.807, 2.05) is 43.3 Å². The summed E-state index contributed by atoms with van der Waals surface area (Å²) in [6, 6.07) is 18.3. The Bertz CT molecular complexity index is 882. The summed E-state index contributed by atoms with van der Waals surface area (Å²) in [6.45, 7) is 8.54. The normalized spacial score (nSPS) is 12.8. The number of carbonyl (C=O) groups is 2. The lowest BCUT2D eigenvalue weighted by atomic mass is 9.99. The lowest BCUT2D eigenvalue weighted by molar-refractivity contribution is -0.157. The second-order valence-corrected chi connectivity index (χ2v) is 8.88. The molecule has 6 heteroatoms. The van der Waals surface area contributed by atoms with Gasteiger partial charge in [-0.15, -0.1) is 0 Å². The highest BCUT2D eigenvalue weighted by Crippen LogP contribution is 2.21. The maximum atomic E-state index is 12.7. The van der Waals surface area contributed by atoms with E-state index < -0.39 is 24.0 Å². The first-order valence-electron chi connectivity index (χ1n) is 12.9. The molecule has 192 valence electrons. The number of carboxylic acid groups (broad SMARTS) is 1. The molecule has 0 aliphatic rings. The van der Waals surface area contributed by atoms with E-state index in [0.29, 0.717) is 13.0 Å². The third kappa shape index (κ3) is 10.5. The molecule has 2 rings (SSSR count). The van der Waals surface area contributed by atoms with Gasteiger partial charge in [0.15, 0.2) is 0 Å². The van der Waals surface area contributed by atoms with E-state index in [4.69, 9.17) is 9.47 Å². The predicted octanol–water partition coefficient (Wildman–Crippen LogP) is 5.39. The zero-order valence-electron chi connectivity index (χ0n) is 21.4. The number of ether oxygens (including phenoxy) is 2. The van der Waals surface area contributed by atoms with Crippen molar-refractivity contribution in [1.29, 1.82) is 0 Å². The fourth-order valence-corrected chi connectivity index (χ4v) is 4.05. The highest BCUT2D eigenvalue weighted by Gasteiger charge is 2.25. The van der Waals surface area contributed by atoms with Crippen molar-refractivity contribution in [1.82, 2.24) is 4.90 Å². The Balaban J connectivity index is 2.03. The van der Waals surface area contributed by atoms with Gasteiger partial charge in [0.05, 0.1) is 12.3 Å². The molecule has 0 amide bonds. The van der Waals surface area contributed by atoms with Crippen LogP contribution in [0.5, 0.6) is 5.75 Å². The molecular formula is C29H41NO5. The molecule has 2 aromatic rings. The number of unbranched alkanes of at least 4 members (excludes halogenated alkanes) is 1. The predicted molar refractivity (Wildman–Crippen MR) is 139 cm³/mol. The van der Waals surface area contributed by atoms with Crippen molar-refractivity contribution in [3.05, 3.63) is 65.7 Å². The minimum absolute atomic E-state index is 0.113. The zero-order chi connectivity index (χ0) is 25.5. The molecule has 2 aromatic carbocycles. The number of aryl methyl sites for hydroxylation is 2. The van der Waals surface area contributed by atoms with Crippen LogP contribution in [0.2, 0.25) is 0 Å². The lowest BCUT2D eigenvalue weighted by Crippen LogP contribution is -2.39. The molecule has 0 radical (unpaired) electrons. The van der Waals surface area contributed by atoms with E-state index in [9.17, 15) is 14.7 Å². The molecule has 6 nitrogen and oxygen atoms in total. The Morgan fingerprint density at radius 2 is 1.63 bits per heavy atom. The Labute approximate surface area is 210 Å². The molecule has 35 heavy (non-hydrogen) atoms. The van der Waals surface area contributed by atoms with Gasteiger partial charge >= 0.3 is 11.9 Å². The Kier molecular flexibility index (Phi) is 12.9. The van der Waals surface area contributed by atoms with Gasteiger partial charge in [-0.2, -0.15) is 0 Å². The van der Waals surface area contributed by atoms with Gasteiger partial charge in [-0.25, -0.2) is 0 Å². The standard InChI is InChI=1S/C29H41NO5/c1-4-7-15-25(29(32)33)20-28(31)35-26(21-30(5-2)6-3)22-34-27-17-12-11-16-24(27)19-18-23-13-9-8-10-14-23/h8-14,16-17,25-26H,4-7,15,18-22H2,1-3H3,(H,32,33). The van der Waals surface area contributed by atoms with Crippen LogP contribution in [0.1, 0.15) is 57.6 Å². The number of likely N-dealkylation sites (N-methyl/N-ethyl adjacent to an activating group) is 1. The molecule has 0 saturated carbocycles. The van der Waals surface area contributed by atoms with Crippen LogP contribution in [-0.2, 0) is 27.2 Å². The van der Waals surface area contributed by atoms with E-state index >= 15 is 0 Å². The van der Waals surface area contributed by atoms with Crippen LogP contribution in [0, 0.1) is 5.92 Å². The first-order valence-corrected chi connectivity index (χ1v) is 12.9. The van der Waals surface area contributed by atoms with Crippen LogP contribution in [0.3, 0.4) is 0 Å². The van der Waals surface area contributed by atoms with E-state index in [0.717, 1.165) is 50.1 Å². The summed E-state index contributed by atoms with van der Waals surface area (Å²) in [4.78, 5) is 26.4. The highest BCUT2D eigenvalue weighted by molar-refractivity contribution is 5.78. The maximum Gasteiger partial charge on any atom is 0.307 e. The van der Waals surface area contributed by atoms with E-state index in [-0.39, 0.29) is 13.0 Å². The quantitative estimate of drug-likeness (QED) is 0.304. The van der Waals surface area contributed by atoms with Crippen molar-refractivity contribution in [3.8, 4) is 5.75 Å². The van der Waals surface area contributed by atoms with Crippen LogP contribution in [0.15, 0.2) is 54.6 Å². The second-order valence-electron chi connectivity index (χ2n) is 8.88. The van der Waals surface area contributed by atoms with Gasteiger partial charge in [0.1, 0.15) is 18.5 Å². The average molecular weight is 484 g/mol. The third-order valence-electron chi connectivity index (χ3n) is 6.25. The van der Waals surface area contributed by atoms with Crippen LogP contribution in [-0.4, -0.2) is 54.3 Å². The molecule has 1 N–H and O–H groups in total. The molecular weight excluding hydrogens is 442 g/mol. The van der Waals surface area contributed by atoms with Gasteiger partial charge in [-0.05, 0) is 49.5 Å². The molecule has 0 spiro atoms. The monoisotopic (exact) mass is 483 g/mol. The molecule has 0 fully saturated rings. The van der Waals surface area contributed by atoms with Crippen molar-refractivity contribution < 1.29 is 24.2 Å². The Morgan fingerprint density at radius 3 is 2.29 bits per heavy atom. The number of hydrogen-bond donors (Lipinski definition) is 1. The van der Waals surface area contributed by atoms with Gasteiger partial charge in [-0.3, -0.25) is 9.59 Å². The van der Waals surface area contributed by atoms with Gasteiger partial charge in [0.2, 0.25) is 0 Å². The lowest BCUT2D eigenvalue weighted by Gasteiger charge is -2.26. The number of benzene rings is 2. The van der Waals surface area contributed by atoms with Crippen molar-refractivity contribution in [2.24, 2.45) is 5.92 Å². The van der Waals surface area contributed by atoms with Crippen LogP contribution < -0.4 is 4.74 Å². The van der Waals surface area contributed by atoms with E-state index in [2.05, 4.69) is 36.9 Å². The number of carbonyl (C=O) groups excluding carboxylic acids is 1. The summed E-state index contributed by atoms with van der Waals surface area (Å²) in [5.41, 5.74) is 2.38. The van der Waals surface area contributed by atoms with Gasteiger partial charge < -0.3 is 19.5 Å². The molecule has 0 aromatic heterocycles. The number of hydrogen-bond acceptors (Lipinski definition) is 5. The Hall–Kier alpha value is -2.86. The van der Waals surface area contributed by atoms with Crippen LogP contribution >= 0.6 is 0 Å². The summed E-state index contributed by atoms with van der Waals surface area (Å²) in [7, 11) is 0. The van der Waals surface area contributed by atoms with Crippen molar-refractivity contribution in [3.63, 3.8) is 0 Å². The number of rotatable bonds is 17. The Morgan fingerprint density at radius 1 is 0.943 bits per heavy atom. The molecule has 2 unspecified atom stereocenters. The summed E-state index contributed by atoms with van der Waals surface area (Å²) in [5.74, 6) is -1.35. The fraction of sp³-hybridized carbons (Fsp3) is 0.517. The molecule has 2 atom stereocenters. The molecule has 0 heterocycles. The molecule has 0 bridgehead atoms. The molecule has 0 saturated heterocycles. The fourth-order valence-electron chi connectivity index (χ4n) is 4.05. The maximum absolute atomic E-state index is 12.7. The van der Waals surface area contributed by atoms with Crippen molar-refractivity contribution >= 4 is 11.9 Å². The van der Waals surface area contributed by atoms with Gasteiger partial charge in [0, 0.05) is 6.54 Å². The smallest absolute Gasteiger partial charge is 0.307 e. The number of nitrogens with zero attached hydrogens (tertiary/aromatic N) is 1. The van der Waals surface area contributed by atoms with E-state index in [1.165, 1.54) is 5.56 Å². The largest absolute Gasteiger partial charge is 0.489 e. The third-order valence-corrected chi connectivity index (χ3v) is 6.25. The van der Waals surface area contributed by atoms with Crippen LogP contribution in [0.4, 0.5) is 0 Å². The SMILES string of the molecule is CCCCC(CC(=O)OC(COc1ccccc1CCc1ccccc1)CN(CC)CC)C(=O)O. The van der Waals surface area contributed by atoms with Gasteiger partial charge in [-0.1, -0.05) is 82.1 Å². The molecule has 0 aliphatic heterocycles. The summed E-state index contributed by atoms with van der Waals surface area (Å²) in [6.07, 6.45) is 3.30.